The molecule has 0 amide bonds. The first kappa shape index (κ1) is 20.1. The van der Waals surface area contributed by atoms with Crippen LogP contribution in [0.25, 0.3) is 10.6 Å². The fourth-order valence-corrected chi connectivity index (χ4v) is 5.30. The minimum absolute atomic E-state index is 0.0285. The molecule has 28 heavy (non-hydrogen) atoms. The summed E-state index contributed by atoms with van der Waals surface area (Å²) in [6.07, 6.45) is 1.02. The first-order valence-electron chi connectivity index (χ1n) is 10.1. The zero-order valence-electron chi connectivity index (χ0n) is 18.3. The van der Waals surface area contributed by atoms with E-state index in [0.29, 0.717) is 0 Å². The van der Waals surface area contributed by atoms with Crippen molar-refractivity contribution in [2.24, 2.45) is 0 Å². The van der Waals surface area contributed by atoms with E-state index in [1.54, 1.807) is 0 Å². The minimum Gasteiger partial charge on any atom is -0.399 e. The van der Waals surface area contributed by atoms with Gasteiger partial charge in [-0.05, 0) is 66.5 Å². The molecule has 2 aliphatic rings. The molecule has 1 aromatic heterocycles. The second-order valence-electron chi connectivity index (χ2n) is 9.63. The first-order valence-corrected chi connectivity index (χ1v) is 10.9. The number of likely N-dealkylation sites (N-methyl/N-ethyl adjacent to an activating group) is 1. The molecule has 0 aliphatic carbocycles. The summed E-state index contributed by atoms with van der Waals surface area (Å²) in [5.74, 6) is 0. The van der Waals surface area contributed by atoms with Crippen molar-refractivity contribution in [2.75, 3.05) is 13.6 Å². The molecular weight excluding hydrogens is 367 g/mol. The van der Waals surface area contributed by atoms with Gasteiger partial charge in [-0.25, -0.2) is 4.98 Å². The van der Waals surface area contributed by atoms with Crippen molar-refractivity contribution < 1.29 is 9.31 Å². The van der Waals surface area contributed by atoms with Crippen LogP contribution in [-0.2, 0) is 21.3 Å². The van der Waals surface area contributed by atoms with E-state index < -0.39 is 0 Å². The van der Waals surface area contributed by atoms with Gasteiger partial charge in [0, 0.05) is 23.4 Å². The Morgan fingerprint density at radius 2 is 1.71 bits per heavy atom. The molecule has 6 heteroatoms. The fraction of sp³-hybridized carbons (Fsp3) is 0.591. The van der Waals surface area contributed by atoms with Crippen LogP contribution in [-0.4, -0.2) is 41.8 Å². The molecule has 4 nitrogen and oxygen atoms in total. The summed E-state index contributed by atoms with van der Waals surface area (Å²) in [5.41, 5.74) is 4.08. The van der Waals surface area contributed by atoms with Crippen LogP contribution in [0.1, 0.15) is 57.7 Å². The minimum atomic E-state index is -0.345. The molecule has 3 heterocycles. The second kappa shape index (κ2) is 6.40. The van der Waals surface area contributed by atoms with Crippen LogP contribution in [0.15, 0.2) is 18.2 Å². The van der Waals surface area contributed by atoms with Crippen LogP contribution in [0.4, 0.5) is 0 Å². The predicted octanol–water partition coefficient (Wildman–Crippen LogP) is 4.14. The SMILES string of the molecule is Cc1c(B2OC(C)(C)C(C)(C)O2)cccc1-c1nc2c(s1)C(C)(C)N(C)CC2. The molecule has 0 atom stereocenters. The van der Waals surface area contributed by atoms with Crippen LogP contribution in [0.3, 0.4) is 0 Å². The molecule has 0 radical (unpaired) electrons. The van der Waals surface area contributed by atoms with Crippen LogP contribution in [0, 0.1) is 6.92 Å². The number of hydrogen-bond acceptors (Lipinski definition) is 5. The van der Waals surface area contributed by atoms with Crippen molar-refractivity contribution in [1.29, 1.82) is 0 Å². The number of hydrogen-bond donors (Lipinski definition) is 0. The Bertz CT molecular complexity index is 903. The Kier molecular flexibility index (Phi) is 4.59. The molecule has 4 rings (SSSR count). The first-order chi connectivity index (χ1) is 12.9. The summed E-state index contributed by atoms with van der Waals surface area (Å²) in [4.78, 5) is 8.85. The maximum atomic E-state index is 6.30. The summed E-state index contributed by atoms with van der Waals surface area (Å²) in [6, 6.07) is 6.39. The van der Waals surface area contributed by atoms with Gasteiger partial charge in [0.05, 0.1) is 22.4 Å². The van der Waals surface area contributed by atoms with Gasteiger partial charge in [-0.3, -0.25) is 4.90 Å². The summed E-state index contributed by atoms with van der Waals surface area (Å²) >= 11 is 1.83. The number of thiazole rings is 1. The third-order valence-electron chi connectivity index (χ3n) is 7.00. The molecule has 0 unspecified atom stereocenters. The topological polar surface area (TPSA) is 34.6 Å². The van der Waals surface area contributed by atoms with Crippen LogP contribution in [0.2, 0.25) is 0 Å². The Morgan fingerprint density at radius 1 is 1.07 bits per heavy atom. The molecular formula is C22H31BN2O2S. The quantitative estimate of drug-likeness (QED) is 0.713. The Hall–Kier alpha value is -1.21. The lowest BCUT2D eigenvalue weighted by Gasteiger charge is -2.38. The second-order valence-corrected chi connectivity index (χ2v) is 10.6. The van der Waals surface area contributed by atoms with Gasteiger partial charge in [0.15, 0.2) is 0 Å². The number of fused-ring (bicyclic) bond motifs is 1. The zero-order chi connectivity index (χ0) is 20.5. The van der Waals surface area contributed by atoms with Crippen LogP contribution in [0.5, 0.6) is 0 Å². The third kappa shape index (κ3) is 2.97. The summed E-state index contributed by atoms with van der Waals surface area (Å²) in [7, 11) is 1.86. The lowest BCUT2D eigenvalue weighted by Crippen LogP contribution is -2.43. The molecule has 150 valence electrons. The Balaban J connectivity index is 1.74. The van der Waals surface area contributed by atoms with E-state index in [4.69, 9.17) is 14.3 Å². The highest BCUT2D eigenvalue weighted by molar-refractivity contribution is 7.15. The van der Waals surface area contributed by atoms with Gasteiger partial charge in [0.1, 0.15) is 5.01 Å². The molecule has 0 N–H and O–H groups in total. The van der Waals surface area contributed by atoms with Gasteiger partial charge in [-0.2, -0.15) is 0 Å². The number of benzene rings is 1. The monoisotopic (exact) mass is 398 g/mol. The average molecular weight is 398 g/mol. The third-order valence-corrected chi connectivity index (χ3v) is 8.45. The fourth-order valence-electron chi connectivity index (χ4n) is 3.95. The van der Waals surface area contributed by atoms with E-state index in [9.17, 15) is 0 Å². The van der Waals surface area contributed by atoms with Crippen molar-refractivity contribution in [3.8, 4) is 10.6 Å². The molecule has 0 spiro atoms. The molecule has 1 aromatic carbocycles. The van der Waals surface area contributed by atoms with E-state index in [1.165, 1.54) is 21.7 Å². The van der Waals surface area contributed by atoms with Gasteiger partial charge < -0.3 is 9.31 Å². The Labute approximate surface area is 173 Å². The normalized spacial score (nSPS) is 23.1. The summed E-state index contributed by atoms with van der Waals surface area (Å²) in [6.45, 7) is 16.2. The summed E-state index contributed by atoms with van der Waals surface area (Å²) < 4.78 is 12.6. The van der Waals surface area contributed by atoms with Gasteiger partial charge in [-0.15, -0.1) is 11.3 Å². The smallest absolute Gasteiger partial charge is 0.399 e. The highest BCUT2D eigenvalue weighted by Gasteiger charge is 2.52. The van der Waals surface area contributed by atoms with Crippen molar-refractivity contribution in [1.82, 2.24) is 9.88 Å². The van der Waals surface area contributed by atoms with Crippen molar-refractivity contribution in [3.63, 3.8) is 0 Å². The standard InChI is InChI=1S/C22H31BN2O2S/c1-14-15(19-24-17-12-13-25(8)20(2,3)18(17)28-19)10-9-11-16(14)23-26-21(4,5)22(6,7)27-23/h9-11H,12-13H2,1-8H3. The van der Waals surface area contributed by atoms with E-state index in [1.807, 2.05) is 11.3 Å². The van der Waals surface area contributed by atoms with E-state index in [-0.39, 0.29) is 23.9 Å². The van der Waals surface area contributed by atoms with Crippen molar-refractivity contribution >= 4 is 23.9 Å². The molecule has 0 bridgehead atoms. The van der Waals surface area contributed by atoms with Crippen LogP contribution >= 0.6 is 11.3 Å². The predicted molar refractivity (Wildman–Crippen MR) is 117 cm³/mol. The zero-order valence-corrected chi connectivity index (χ0v) is 19.2. The maximum absolute atomic E-state index is 6.30. The largest absolute Gasteiger partial charge is 0.495 e. The molecule has 2 aromatic rings. The van der Waals surface area contributed by atoms with Gasteiger partial charge in [-0.1, -0.05) is 18.2 Å². The lowest BCUT2D eigenvalue weighted by atomic mass is 9.75. The van der Waals surface area contributed by atoms with Gasteiger partial charge in [0.25, 0.3) is 0 Å². The summed E-state index contributed by atoms with van der Waals surface area (Å²) in [5, 5.41) is 1.10. The number of nitrogens with zero attached hydrogens (tertiary/aromatic N) is 2. The lowest BCUT2D eigenvalue weighted by molar-refractivity contribution is 0.00578. The van der Waals surface area contributed by atoms with Gasteiger partial charge >= 0.3 is 7.12 Å². The van der Waals surface area contributed by atoms with Gasteiger partial charge in [0.2, 0.25) is 0 Å². The van der Waals surface area contributed by atoms with Crippen molar-refractivity contribution in [3.05, 3.63) is 34.3 Å². The highest BCUT2D eigenvalue weighted by atomic mass is 32.1. The van der Waals surface area contributed by atoms with Crippen LogP contribution < -0.4 is 5.46 Å². The number of rotatable bonds is 2. The van der Waals surface area contributed by atoms with E-state index >= 15 is 0 Å². The highest BCUT2D eigenvalue weighted by Crippen LogP contribution is 2.42. The number of aromatic nitrogens is 1. The Morgan fingerprint density at radius 3 is 2.36 bits per heavy atom. The molecule has 1 fully saturated rings. The molecule has 2 aliphatic heterocycles. The molecule has 1 saturated heterocycles. The van der Waals surface area contributed by atoms with E-state index in [2.05, 4.69) is 78.6 Å². The maximum Gasteiger partial charge on any atom is 0.495 e. The van der Waals surface area contributed by atoms with Crippen molar-refractivity contribution in [2.45, 2.75) is 71.6 Å². The van der Waals surface area contributed by atoms with E-state index in [0.717, 1.165) is 23.4 Å². The molecule has 0 saturated carbocycles. The average Bonchev–Trinajstić information content (AvgIpc) is 3.11.